The summed E-state index contributed by atoms with van der Waals surface area (Å²) in [7, 11) is 0. The number of thiol groups is 1. The zero-order valence-electron chi connectivity index (χ0n) is 10.4. The Kier molecular flexibility index (Phi) is 3.95. The molecule has 0 bridgehead atoms. The van der Waals surface area contributed by atoms with E-state index in [1.165, 1.54) is 6.42 Å². The highest BCUT2D eigenvalue weighted by molar-refractivity contribution is 7.80. The molecular formula is C12H26S. The van der Waals surface area contributed by atoms with Gasteiger partial charge in [0, 0.05) is 0 Å². The van der Waals surface area contributed by atoms with Crippen LogP contribution in [0.2, 0.25) is 0 Å². The molecule has 0 aromatic heterocycles. The third kappa shape index (κ3) is 2.23. The summed E-state index contributed by atoms with van der Waals surface area (Å²) < 4.78 is 0. The predicted octanol–water partition coefficient (Wildman–Crippen LogP) is 4.40. The molecule has 0 aliphatic rings. The van der Waals surface area contributed by atoms with Gasteiger partial charge in [-0.05, 0) is 28.4 Å². The summed E-state index contributed by atoms with van der Waals surface area (Å²) in [4.78, 5) is 0. The molecule has 0 aliphatic carbocycles. The van der Waals surface area contributed by atoms with Crippen LogP contribution < -0.4 is 0 Å². The molecule has 0 rings (SSSR count). The molecular weight excluding hydrogens is 176 g/mol. The summed E-state index contributed by atoms with van der Waals surface area (Å²) in [5.41, 5.74) is 0.965. The molecule has 0 atom stereocenters. The lowest BCUT2D eigenvalue weighted by molar-refractivity contribution is -0.0117. The molecule has 0 nitrogen and oxygen atoms in total. The molecule has 0 fully saturated rings. The standard InChI is InChI=1S/C12H26S/c1-8-12(9-13,10(2,3)4)11(5,6)7/h13H,8-9H2,1-7H3. The Hall–Kier alpha value is 0.350. The van der Waals surface area contributed by atoms with Crippen LogP contribution in [0, 0.1) is 16.2 Å². The van der Waals surface area contributed by atoms with E-state index < -0.39 is 0 Å². The minimum Gasteiger partial charge on any atom is -0.179 e. The molecule has 80 valence electrons. The second-order valence-corrected chi connectivity index (χ2v) is 6.41. The maximum Gasteiger partial charge on any atom is -0.00312 e. The Labute approximate surface area is 89.9 Å². The van der Waals surface area contributed by atoms with Gasteiger partial charge in [0.15, 0.2) is 0 Å². The van der Waals surface area contributed by atoms with Crippen molar-refractivity contribution in [2.24, 2.45) is 16.2 Å². The molecule has 13 heavy (non-hydrogen) atoms. The molecule has 0 aromatic carbocycles. The zero-order valence-corrected chi connectivity index (χ0v) is 11.3. The van der Waals surface area contributed by atoms with Crippen molar-refractivity contribution in [1.29, 1.82) is 0 Å². The van der Waals surface area contributed by atoms with Crippen LogP contribution in [0.1, 0.15) is 54.9 Å². The van der Waals surface area contributed by atoms with Crippen molar-refractivity contribution < 1.29 is 0 Å². The SMILES string of the molecule is CCC(CS)(C(C)(C)C)C(C)(C)C. The van der Waals surface area contributed by atoms with Gasteiger partial charge in [0.2, 0.25) is 0 Å². The van der Waals surface area contributed by atoms with Crippen molar-refractivity contribution in [3.8, 4) is 0 Å². The lowest BCUT2D eigenvalue weighted by atomic mass is 9.54. The average Bonchev–Trinajstić information content (AvgIpc) is 1.84. The van der Waals surface area contributed by atoms with Crippen LogP contribution in [-0.2, 0) is 0 Å². The molecule has 0 amide bonds. The topological polar surface area (TPSA) is 0 Å². The Morgan fingerprint density at radius 3 is 1.15 bits per heavy atom. The van der Waals surface area contributed by atoms with E-state index in [2.05, 4.69) is 61.1 Å². The van der Waals surface area contributed by atoms with E-state index in [-0.39, 0.29) is 0 Å². The van der Waals surface area contributed by atoms with Crippen molar-refractivity contribution in [3.05, 3.63) is 0 Å². The van der Waals surface area contributed by atoms with E-state index in [4.69, 9.17) is 0 Å². The van der Waals surface area contributed by atoms with E-state index in [1.807, 2.05) is 0 Å². The van der Waals surface area contributed by atoms with Crippen molar-refractivity contribution in [2.45, 2.75) is 54.9 Å². The lowest BCUT2D eigenvalue weighted by Gasteiger charge is -2.53. The third-order valence-electron chi connectivity index (χ3n) is 3.74. The van der Waals surface area contributed by atoms with Crippen molar-refractivity contribution in [1.82, 2.24) is 0 Å². The highest BCUT2D eigenvalue weighted by Crippen LogP contribution is 2.54. The van der Waals surface area contributed by atoms with Gasteiger partial charge in [0.1, 0.15) is 0 Å². The predicted molar refractivity (Wildman–Crippen MR) is 65.5 cm³/mol. The third-order valence-corrected chi connectivity index (χ3v) is 4.28. The molecule has 0 N–H and O–H groups in total. The molecule has 0 spiro atoms. The molecule has 1 heteroatoms. The van der Waals surface area contributed by atoms with Gasteiger partial charge in [0.25, 0.3) is 0 Å². The molecule has 0 aromatic rings. The Morgan fingerprint density at radius 1 is 0.846 bits per heavy atom. The first-order valence-corrected chi connectivity index (χ1v) is 5.86. The first kappa shape index (κ1) is 13.4. The minimum atomic E-state index is 0.321. The Bertz CT molecular complexity index is 137. The van der Waals surface area contributed by atoms with Crippen molar-refractivity contribution in [3.63, 3.8) is 0 Å². The van der Waals surface area contributed by atoms with E-state index >= 15 is 0 Å². The normalized spacial score (nSPS) is 14.8. The first-order valence-electron chi connectivity index (χ1n) is 5.23. The second kappa shape index (κ2) is 3.84. The number of hydrogen-bond acceptors (Lipinski definition) is 1. The van der Waals surface area contributed by atoms with E-state index in [9.17, 15) is 0 Å². The minimum absolute atomic E-state index is 0.321. The van der Waals surface area contributed by atoms with Gasteiger partial charge >= 0.3 is 0 Å². The maximum atomic E-state index is 4.57. The fraction of sp³-hybridized carbons (Fsp3) is 1.00. The van der Waals surface area contributed by atoms with Crippen LogP contribution in [0.4, 0.5) is 0 Å². The van der Waals surface area contributed by atoms with Crippen LogP contribution >= 0.6 is 12.6 Å². The van der Waals surface area contributed by atoms with Crippen LogP contribution in [0.25, 0.3) is 0 Å². The van der Waals surface area contributed by atoms with Crippen LogP contribution in [0.15, 0.2) is 0 Å². The molecule has 0 radical (unpaired) electrons. The van der Waals surface area contributed by atoms with E-state index in [1.54, 1.807) is 0 Å². The summed E-state index contributed by atoms with van der Waals surface area (Å²) in [5, 5.41) is 0. The van der Waals surface area contributed by atoms with Gasteiger partial charge in [0.05, 0.1) is 0 Å². The smallest absolute Gasteiger partial charge is 0.00312 e. The van der Waals surface area contributed by atoms with E-state index in [0.717, 1.165) is 5.75 Å². The average molecular weight is 202 g/mol. The maximum absolute atomic E-state index is 4.57. The van der Waals surface area contributed by atoms with Crippen molar-refractivity contribution in [2.75, 3.05) is 5.75 Å². The van der Waals surface area contributed by atoms with Crippen LogP contribution in [-0.4, -0.2) is 5.75 Å². The zero-order chi connectivity index (χ0) is 10.9. The molecule has 0 saturated carbocycles. The molecule has 0 unspecified atom stereocenters. The molecule has 0 saturated heterocycles. The number of rotatable bonds is 2. The van der Waals surface area contributed by atoms with Gasteiger partial charge in [-0.3, -0.25) is 0 Å². The fourth-order valence-electron chi connectivity index (χ4n) is 2.77. The Balaban J connectivity index is 5.17. The molecule has 0 aliphatic heterocycles. The molecule has 0 heterocycles. The largest absolute Gasteiger partial charge is 0.179 e. The number of hydrogen-bond donors (Lipinski definition) is 1. The van der Waals surface area contributed by atoms with Gasteiger partial charge in [-0.25, -0.2) is 0 Å². The summed E-state index contributed by atoms with van der Waals surface area (Å²) in [6.07, 6.45) is 1.20. The van der Waals surface area contributed by atoms with Gasteiger partial charge in [-0.2, -0.15) is 12.6 Å². The first-order chi connectivity index (χ1) is 5.62. The summed E-state index contributed by atoms with van der Waals surface area (Å²) in [6.45, 7) is 16.3. The van der Waals surface area contributed by atoms with Gasteiger partial charge in [-0.15, -0.1) is 0 Å². The summed E-state index contributed by atoms with van der Waals surface area (Å²) >= 11 is 4.57. The van der Waals surface area contributed by atoms with Crippen molar-refractivity contribution >= 4 is 12.6 Å². The summed E-state index contributed by atoms with van der Waals surface area (Å²) in [6, 6.07) is 0. The highest BCUT2D eigenvalue weighted by Gasteiger charge is 2.47. The van der Waals surface area contributed by atoms with Gasteiger partial charge in [-0.1, -0.05) is 48.5 Å². The second-order valence-electron chi connectivity index (χ2n) is 6.09. The van der Waals surface area contributed by atoms with Crippen LogP contribution in [0.5, 0.6) is 0 Å². The highest BCUT2D eigenvalue weighted by atomic mass is 32.1. The summed E-state index contributed by atoms with van der Waals surface area (Å²) in [5.74, 6) is 0.969. The Morgan fingerprint density at radius 2 is 1.15 bits per heavy atom. The van der Waals surface area contributed by atoms with E-state index in [0.29, 0.717) is 16.2 Å². The quantitative estimate of drug-likeness (QED) is 0.630. The lowest BCUT2D eigenvalue weighted by Crippen LogP contribution is -2.47. The monoisotopic (exact) mass is 202 g/mol. The fourth-order valence-corrected chi connectivity index (χ4v) is 3.94. The van der Waals surface area contributed by atoms with Crippen LogP contribution in [0.3, 0.4) is 0 Å². The van der Waals surface area contributed by atoms with Gasteiger partial charge < -0.3 is 0 Å².